The number of terminal acetylenes is 2. The molecule has 0 aliphatic carbocycles. The normalized spacial score (nSPS) is 14.5. The fourth-order valence-electron chi connectivity index (χ4n) is 0.777. The van der Waals surface area contributed by atoms with E-state index in [9.17, 15) is 0 Å². The summed E-state index contributed by atoms with van der Waals surface area (Å²) in [6.07, 6.45) is 12.7. The number of aliphatic hydroxyl groups excluding tert-OH is 1. The molecule has 11 heavy (non-hydrogen) atoms. The maximum Gasteiger partial charge on any atom is 0.0594 e. The minimum absolute atomic E-state index is 0.0358. The van der Waals surface area contributed by atoms with Crippen LogP contribution in [0.15, 0.2) is 0 Å². The number of unbranched alkanes of at least 4 members (excludes halogenated alkanes) is 1. The Bertz CT molecular complexity index is 182. The van der Waals surface area contributed by atoms with E-state index in [2.05, 4.69) is 11.8 Å². The van der Waals surface area contributed by atoms with Crippen molar-refractivity contribution < 1.29 is 5.11 Å². The summed E-state index contributed by atoms with van der Waals surface area (Å²) in [6, 6.07) is 0. The van der Waals surface area contributed by atoms with Crippen molar-refractivity contribution in [3.63, 3.8) is 0 Å². The van der Waals surface area contributed by atoms with Crippen molar-refractivity contribution in [2.45, 2.75) is 26.2 Å². The van der Waals surface area contributed by atoms with Crippen molar-refractivity contribution in [1.82, 2.24) is 0 Å². The van der Waals surface area contributed by atoms with Gasteiger partial charge in [-0.15, -0.1) is 18.8 Å². The molecule has 0 amide bonds. The average molecular weight is 150 g/mol. The van der Waals surface area contributed by atoms with Crippen molar-refractivity contribution in [3.8, 4) is 24.7 Å². The van der Waals surface area contributed by atoms with Crippen LogP contribution < -0.4 is 0 Å². The van der Waals surface area contributed by atoms with Crippen molar-refractivity contribution in [1.29, 1.82) is 0 Å². The van der Waals surface area contributed by atoms with E-state index in [4.69, 9.17) is 18.0 Å². The fourth-order valence-corrected chi connectivity index (χ4v) is 0.777. The molecule has 0 aromatic heterocycles. The Hall–Kier alpha value is -0.920. The molecular weight excluding hydrogens is 136 g/mol. The molecule has 1 nitrogen and oxygen atoms in total. The second-order valence-corrected chi connectivity index (χ2v) is 2.92. The Kier molecular flexibility index (Phi) is 4.42. The number of rotatable bonds is 4. The van der Waals surface area contributed by atoms with Crippen LogP contribution in [-0.2, 0) is 0 Å². The van der Waals surface area contributed by atoms with Crippen molar-refractivity contribution in [2.75, 3.05) is 6.61 Å². The van der Waals surface area contributed by atoms with Gasteiger partial charge in [-0.2, -0.15) is 0 Å². The lowest BCUT2D eigenvalue weighted by atomic mass is 9.87. The molecule has 60 valence electrons. The van der Waals surface area contributed by atoms with E-state index in [1.54, 1.807) is 0 Å². The first-order valence-electron chi connectivity index (χ1n) is 3.70. The highest BCUT2D eigenvalue weighted by Crippen LogP contribution is 2.21. The van der Waals surface area contributed by atoms with Gasteiger partial charge in [0.1, 0.15) is 0 Å². The molecule has 0 rings (SSSR count). The monoisotopic (exact) mass is 150 g/mol. The van der Waals surface area contributed by atoms with Crippen LogP contribution in [0.1, 0.15) is 26.2 Å². The Morgan fingerprint density at radius 1 is 1.45 bits per heavy atom. The summed E-state index contributed by atoms with van der Waals surface area (Å²) in [4.78, 5) is 0. The Morgan fingerprint density at radius 3 is 2.45 bits per heavy atom. The van der Waals surface area contributed by atoms with Gasteiger partial charge in [-0.25, -0.2) is 0 Å². The molecule has 1 heteroatoms. The van der Waals surface area contributed by atoms with Crippen LogP contribution in [-0.4, -0.2) is 11.7 Å². The standard InChI is InChI=1S/C10H14O/c1-4-6-7-8-10(3,5-2)9-11/h1-2,11H,6-9H2,3H3. The highest BCUT2D eigenvalue weighted by molar-refractivity contribution is 5.03. The highest BCUT2D eigenvalue weighted by atomic mass is 16.3. The summed E-state index contributed by atoms with van der Waals surface area (Å²) in [5, 5.41) is 8.89. The molecule has 0 bridgehead atoms. The van der Waals surface area contributed by atoms with E-state index in [1.165, 1.54) is 0 Å². The smallest absolute Gasteiger partial charge is 0.0594 e. The number of hydrogen-bond donors (Lipinski definition) is 1. The highest BCUT2D eigenvalue weighted by Gasteiger charge is 2.18. The van der Waals surface area contributed by atoms with Crippen LogP contribution in [0.3, 0.4) is 0 Å². The maximum atomic E-state index is 8.89. The van der Waals surface area contributed by atoms with Crippen LogP contribution in [0, 0.1) is 30.1 Å². The molecular formula is C10H14O. The quantitative estimate of drug-likeness (QED) is 0.474. The van der Waals surface area contributed by atoms with Crippen LogP contribution in [0.5, 0.6) is 0 Å². The van der Waals surface area contributed by atoms with Crippen molar-refractivity contribution >= 4 is 0 Å². The first kappa shape index (κ1) is 10.1. The molecule has 0 aliphatic rings. The third-order valence-corrected chi connectivity index (χ3v) is 1.75. The molecule has 0 spiro atoms. The van der Waals surface area contributed by atoms with Gasteiger partial charge < -0.3 is 5.11 Å². The third kappa shape index (κ3) is 3.71. The predicted molar refractivity (Wildman–Crippen MR) is 46.7 cm³/mol. The molecule has 0 heterocycles. The third-order valence-electron chi connectivity index (χ3n) is 1.75. The second-order valence-electron chi connectivity index (χ2n) is 2.92. The van der Waals surface area contributed by atoms with E-state index in [0.29, 0.717) is 0 Å². The van der Waals surface area contributed by atoms with Gasteiger partial charge >= 0.3 is 0 Å². The minimum Gasteiger partial charge on any atom is -0.395 e. The van der Waals surface area contributed by atoms with Crippen LogP contribution in [0.4, 0.5) is 0 Å². The molecule has 1 N–H and O–H groups in total. The topological polar surface area (TPSA) is 20.2 Å². The molecule has 0 aliphatic heterocycles. The lowest BCUT2D eigenvalue weighted by Gasteiger charge is -2.19. The summed E-state index contributed by atoms with van der Waals surface area (Å²) in [5.74, 6) is 5.11. The Labute approximate surface area is 68.8 Å². The van der Waals surface area contributed by atoms with Crippen molar-refractivity contribution in [3.05, 3.63) is 0 Å². The van der Waals surface area contributed by atoms with Gasteiger partial charge in [0, 0.05) is 6.42 Å². The Balaban J connectivity index is 3.74. The molecule has 0 aromatic rings. The number of aliphatic hydroxyl groups is 1. The molecule has 0 radical (unpaired) electrons. The van der Waals surface area contributed by atoms with E-state index in [0.717, 1.165) is 19.3 Å². The second kappa shape index (κ2) is 4.83. The van der Waals surface area contributed by atoms with Gasteiger partial charge in [-0.3, -0.25) is 0 Å². The fraction of sp³-hybridized carbons (Fsp3) is 0.600. The van der Waals surface area contributed by atoms with Gasteiger partial charge in [0.05, 0.1) is 12.0 Å². The lowest BCUT2D eigenvalue weighted by Crippen LogP contribution is -2.18. The molecule has 0 fully saturated rings. The molecule has 0 saturated carbocycles. The zero-order valence-corrected chi connectivity index (χ0v) is 6.93. The predicted octanol–water partition coefficient (Wildman–Crippen LogP) is 1.42. The van der Waals surface area contributed by atoms with Crippen molar-refractivity contribution in [2.24, 2.45) is 5.41 Å². The first-order valence-corrected chi connectivity index (χ1v) is 3.70. The first-order chi connectivity index (χ1) is 5.18. The van der Waals surface area contributed by atoms with E-state index >= 15 is 0 Å². The van der Waals surface area contributed by atoms with Gasteiger partial charge in [-0.05, 0) is 19.8 Å². The number of hydrogen-bond acceptors (Lipinski definition) is 1. The van der Waals surface area contributed by atoms with Gasteiger partial charge in [0.15, 0.2) is 0 Å². The lowest BCUT2D eigenvalue weighted by molar-refractivity contribution is 0.181. The average Bonchev–Trinajstić information content (AvgIpc) is 2.05. The van der Waals surface area contributed by atoms with Crippen LogP contribution in [0.25, 0.3) is 0 Å². The Morgan fingerprint density at radius 2 is 2.09 bits per heavy atom. The SMILES string of the molecule is C#CCCCC(C)(C#C)CO. The molecule has 0 saturated heterocycles. The summed E-state index contributed by atoms with van der Waals surface area (Å²) in [6.45, 7) is 1.90. The van der Waals surface area contributed by atoms with E-state index in [1.807, 2.05) is 6.92 Å². The minimum atomic E-state index is -0.378. The summed E-state index contributed by atoms with van der Waals surface area (Å²) < 4.78 is 0. The maximum absolute atomic E-state index is 8.89. The summed E-state index contributed by atoms with van der Waals surface area (Å²) in [5.41, 5.74) is -0.378. The zero-order valence-electron chi connectivity index (χ0n) is 6.93. The van der Waals surface area contributed by atoms with Gasteiger partial charge in [0.2, 0.25) is 0 Å². The van der Waals surface area contributed by atoms with E-state index < -0.39 is 0 Å². The van der Waals surface area contributed by atoms with E-state index in [-0.39, 0.29) is 12.0 Å². The summed E-state index contributed by atoms with van der Waals surface area (Å²) >= 11 is 0. The molecule has 0 aromatic carbocycles. The largest absolute Gasteiger partial charge is 0.395 e. The van der Waals surface area contributed by atoms with Gasteiger partial charge in [-0.1, -0.05) is 5.92 Å². The van der Waals surface area contributed by atoms with Crippen LogP contribution in [0.2, 0.25) is 0 Å². The summed E-state index contributed by atoms with van der Waals surface area (Å²) in [7, 11) is 0. The van der Waals surface area contributed by atoms with Crippen LogP contribution >= 0.6 is 0 Å². The molecule has 1 atom stereocenters. The zero-order chi connectivity index (χ0) is 8.74. The molecule has 1 unspecified atom stereocenters. The van der Waals surface area contributed by atoms with Gasteiger partial charge in [0.25, 0.3) is 0 Å².